The first-order valence-corrected chi connectivity index (χ1v) is 7.76. The number of thiazole rings is 1. The average molecular weight is 291 g/mol. The molecular formula is C15H21N3OS. The summed E-state index contributed by atoms with van der Waals surface area (Å²) in [5, 5.41) is 3.97. The van der Waals surface area contributed by atoms with Gasteiger partial charge in [-0.05, 0) is 32.5 Å². The van der Waals surface area contributed by atoms with Crippen LogP contribution in [0.2, 0.25) is 0 Å². The number of para-hydroxylation sites is 1. The van der Waals surface area contributed by atoms with Crippen molar-refractivity contribution in [1.82, 2.24) is 15.2 Å². The topological polar surface area (TPSA) is 45.2 Å². The van der Waals surface area contributed by atoms with E-state index in [1.54, 1.807) is 11.3 Å². The Balaban J connectivity index is 1.99. The van der Waals surface area contributed by atoms with Gasteiger partial charge >= 0.3 is 0 Å². The minimum Gasteiger partial charge on any atom is -0.355 e. The van der Waals surface area contributed by atoms with Gasteiger partial charge in [0.1, 0.15) is 5.01 Å². The molecule has 1 heterocycles. The van der Waals surface area contributed by atoms with E-state index < -0.39 is 0 Å². The second-order valence-electron chi connectivity index (χ2n) is 4.96. The third kappa shape index (κ3) is 3.55. The molecule has 1 aromatic heterocycles. The van der Waals surface area contributed by atoms with E-state index in [1.807, 2.05) is 37.1 Å². The zero-order chi connectivity index (χ0) is 14.5. The average Bonchev–Trinajstić information content (AvgIpc) is 2.85. The Kier molecular flexibility index (Phi) is 5.09. The van der Waals surface area contributed by atoms with E-state index in [0.29, 0.717) is 6.54 Å². The first-order valence-electron chi connectivity index (χ1n) is 6.94. The van der Waals surface area contributed by atoms with Gasteiger partial charge in [-0.1, -0.05) is 19.1 Å². The maximum absolute atomic E-state index is 11.9. The van der Waals surface area contributed by atoms with E-state index in [1.165, 1.54) is 4.70 Å². The van der Waals surface area contributed by atoms with Crippen LogP contribution in [0.15, 0.2) is 24.3 Å². The molecule has 1 amide bonds. The number of carbonyl (C=O) groups excluding carboxylic acids is 1. The van der Waals surface area contributed by atoms with Gasteiger partial charge in [0, 0.05) is 6.54 Å². The maximum atomic E-state index is 11.9. The predicted octanol–water partition coefficient (Wildman–Crippen LogP) is 2.64. The molecule has 0 radical (unpaired) electrons. The number of benzene rings is 1. The van der Waals surface area contributed by atoms with Gasteiger partial charge < -0.3 is 5.32 Å². The maximum Gasteiger partial charge on any atom is 0.237 e. The molecule has 0 bridgehead atoms. The normalized spacial score (nSPS) is 12.8. The third-order valence-corrected chi connectivity index (χ3v) is 4.33. The summed E-state index contributed by atoms with van der Waals surface area (Å²) >= 11 is 1.69. The molecule has 0 aliphatic rings. The van der Waals surface area contributed by atoms with Gasteiger partial charge in [-0.3, -0.25) is 9.69 Å². The van der Waals surface area contributed by atoms with Gasteiger partial charge in [0.05, 0.1) is 22.8 Å². The molecule has 0 spiro atoms. The molecule has 1 N–H and O–H groups in total. The zero-order valence-electron chi connectivity index (χ0n) is 12.2. The van der Waals surface area contributed by atoms with Crippen molar-refractivity contribution in [1.29, 1.82) is 0 Å². The SMILES string of the molecule is CCCNC(=O)C(C)N(C)Cc1nc2ccccc2s1. The van der Waals surface area contributed by atoms with Crippen LogP contribution in [-0.4, -0.2) is 35.4 Å². The van der Waals surface area contributed by atoms with Gasteiger partial charge in [-0.2, -0.15) is 0 Å². The molecule has 0 saturated carbocycles. The van der Waals surface area contributed by atoms with Crippen LogP contribution in [0, 0.1) is 0 Å². The van der Waals surface area contributed by atoms with Crippen LogP contribution in [0.25, 0.3) is 10.2 Å². The number of fused-ring (bicyclic) bond motifs is 1. The number of hydrogen-bond donors (Lipinski definition) is 1. The monoisotopic (exact) mass is 291 g/mol. The van der Waals surface area contributed by atoms with Gasteiger partial charge in [0.2, 0.25) is 5.91 Å². The van der Waals surface area contributed by atoms with Crippen LogP contribution in [0.3, 0.4) is 0 Å². The summed E-state index contributed by atoms with van der Waals surface area (Å²) in [6, 6.07) is 7.97. The smallest absolute Gasteiger partial charge is 0.237 e. The minimum absolute atomic E-state index is 0.0791. The predicted molar refractivity (Wildman–Crippen MR) is 83.8 cm³/mol. The van der Waals surface area contributed by atoms with E-state index in [-0.39, 0.29) is 11.9 Å². The third-order valence-electron chi connectivity index (χ3n) is 3.31. The summed E-state index contributed by atoms with van der Waals surface area (Å²) < 4.78 is 1.19. The zero-order valence-corrected chi connectivity index (χ0v) is 13.0. The van der Waals surface area contributed by atoms with E-state index in [4.69, 9.17) is 0 Å². The number of aromatic nitrogens is 1. The summed E-state index contributed by atoms with van der Waals surface area (Å²) in [6.07, 6.45) is 0.958. The number of amides is 1. The van der Waals surface area contributed by atoms with Gasteiger partial charge in [0.25, 0.3) is 0 Å². The van der Waals surface area contributed by atoms with Crippen LogP contribution in [0.5, 0.6) is 0 Å². The molecular weight excluding hydrogens is 270 g/mol. The highest BCUT2D eigenvalue weighted by Crippen LogP contribution is 2.22. The highest BCUT2D eigenvalue weighted by Gasteiger charge is 2.18. The second-order valence-corrected chi connectivity index (χ2v) is 6.07. The van der Waals surface area contributed by atoms with Crippen molar-refractivity contribution in [3.05, 3.63) is 29.3 Å². The molecule has 20 heavy (non-hydrogen) atoms. The van der Waals surface area contributed by atoms with Crippen LogP contribution in [0.4, 0.5) is 0 Å². The summed E-state index contributed by atoms with van der Waals surface area (Å²) in [4.78, 5) is 18.6. The fraction of sp³-hybridized carbons (Fsp3) is 0.467. The molecule has 1 aromatic carbocycles. The molecule has 0 saturated heterocycles. The van der Waals surface area contributed by atoms with Crippen molar-refractivity contribution in [2.45, 2.75) is 32.9 Å². The first-order chi connectivity index (χ1) is 9.61. The van der Waals surface area contributed by atoms with Crippen LogP contribution < -0.4 is 5.32 Å². The Morgan fingerprint density at radius 1 is 1.45 bits per heavy atom. The van der Waals surface area contributed by atoms with Gasteiger partial charge in [-0.15, -0.1) is 11.3 Å². The largest absolute Gasteiger partial charge is 0.355 e. The Bertz CT molecular complexity index is 548. The molecule has 1 atom stereocenters. The number of hydrogen-bond acceptors (Lipinski definition) is 4. The summed E-state index contributed by atoms with van der Waals surface area (Å²) in [6.45, 7) is 5.41. The molecule has 2 aromatic rings. The fourth-order valence-corrected chi connectivity index (χ4v) is 2.96. The lowest BCUT2D eigenvalue weighted by Gasteiger charge is -2.22. The highest BCUT2D eigenvalue weighted by molar-refractivity contribution is 7.18. The molecule has 0 aliphatic carbocycles. The van der Waals surface area contributed by atoms with Crippen molar-refractivity contribution in [2.24, 2.45) is 0 Å². The minimum atomic E-state index is -0.145. The van der Waals surface area contributed by atoms with Crippen molar-refractivity contribution < 1.29 is 4.79 Å². The van der Waals surface area contributed by atoms with Crippen molar-refractivity contribution in [2.75, 3.05) is 13.6 Å². The number of nitrogens with zero attached hydrogens (tertiary/aromatic N) is 2. The van der Waals surface area contributed by atoms with E-state index in [0.717, 1.165) is 23.5 Å². The molecule has 2 rings (SSSR count). The standard InChI is InChI=1S/C15H21N3OS/c1-4-9-16-15(19)11(2)18(3)10-14-17-12-7-5-6-8-13(12)20-14/h5-8,11H,4,9-10H2,1-3H3,(H,16,19). The van der Waals surface area contributed by atoms with E-state index >= 15 is 0 Å². The molecule has 5 heteroatoms. The lowest BCUT2D eigenvalue weighted by Crippen LogP contribution is -2.43. The molecule has 108 valence electrons. The van der Waals surface area contributed by atoms with Crippen LogP contribution in [0.1, 0.15) is 25.3 Å². The summed E-state index contributed by atoms with van der Waals surface area (Å²) in [5.74, 6) is 0.0791. The fourth-order valence-electron chi connectivity index (χ4n) is 1.93. The van der Waals surface area contributed by atoms with Gasteiger partial charge in [0.15, 0.2) is 0 Å². The van der Waals surface area contributed by atoms with E-state index in [2.05, 4.69) is 23.3 Å². The first kappa shape index (κ1) is 14.9. The van der Waals surface area contributed by atoms with Gasteiger partial charge in [-0.25, -0.2) is 4.98 Å². The lowest BCUT2D eigenvalue weighted by molar-refractivity contribution is -0.125. The Hall–Kier alpha value is -1.46. The molecule has 4 nitrogen and oxygen atoms in total. The van der Waals surface area contributed by atoms with Crippen LogP contribution in [-0.2, 0) is 11.3 Å². The highest BCUT2D eigenvalue weighted by atomic mass is 32.1. The van der Waals surface area contributed by atoms with Crippen molar-refractivity contribution in [3.63, 3.8) is 0 Å². The summed E-state index contributed by atoms with van der Waals surface area (Å²) in [7, 11) is 1.96. The van der Waals surface area contributed by atoms with E-state index in [9.17, 15) is 4.79 Å². The quantitative estimate of drug-likeness (QED) is 0.890. The number of likely N-dealkylation sites (N-methyl/N-ethyl adjacent to an activating group) is 1. The number of rotatable bonds is 6. The lowest BCUT2D eigenvalue weighted by atomic mass is 10.2. The molecule has 0 fully saturated rings. The van der Waals surface area contributed by atoms with Crippen LogP contribution >= 0.6 is 11.3 Å². The Morgan fingerprint density at radius 2 is 2.20 bits per heavy atom. The van der Waals surface area contributed by atoms with Crippen molar-refractivity contribution in [3.8, 4) is 0 Å². The molecule has 1 unspecified atom stereocenters. The molecule has 0 aliphatic heterocycles. The number of carbonyl (C=O) groups is 1. The second kappa shape index (κ2) is 6.81. The Morgan fingerprint density at radius 3 is 2.90 bits per heavy atom. The number of nitrogens with one attached hydrogen (secondary N) is 1. The Labute approximate surface area is 123 Å². The summed E-state index contributed by atoms with van der Waals surface area (Å²) in [5.41, 5.74) is 1.03. The van der Waals surface area contributed by atoms with Crippen molar-refractivity contribution >= 4 is 27.5 Å².